The Morgan fingerprint density at radius 1 is 1.23 bits per heavy atom. The van der Waals surface area contributed by atoms with Crippen LogP contribution in [0.4, 0.5) is 0 Å². The van der Waals surface area contributed by atoms with Crippen LogP contribution in [0.1, 0.15) is 13.2 Å². The number of hydrogen-bond donors (Lipinski definition) is 6. The van der Waals surface area contributed by atoms with E-state index in [-0.39, 0.29) is 0 Å². The number of phosphoric acid groups is 3. The molecule has 6 N–H and O–H groups in total. The Morgan fingerprint density at radius 3 is 2.35 bits per heavy atom. The highest BCUT2D eigenvalue weighted by molar-refractivity contribution is 7.66. The minimum Gasteiger partial charge on any atom is -0.388 e. The molecule has 2 heterocycles. The van der Waals surface area contributed by atoms with Gasteiger partial charge in [0.15, 0.2) is 6.23 Å². The van der Waals surface area contributed by atoms with Crippen molar-refractivity contribution in [2.45, 2.75) is 25.4 Å². The highest BCUT2D eigenvalue weighted by Crippen LogP contribution is 2.66. The third kappa shape index (κ3) is 6.27. The Hall–Kier alpha value is -1.50. The van der Waals surface area contributed by atoms with Gasteiger partial charge in [0.05, 0.1) is 12.7 Å². The number of nitrogens with zero attached hydrogens (tertiary/aromatic N) is 2. The second-order valence-corrected chi connectivity index (χ2v) is 10.7. The van der Waals surface area contributed by atoms with Gasteiger partial charge in [-0.2, -0.15) is 13.9 Å². The van der Waals surface area contributed by atoms with E-state index in [0.717, 1.165) is 16.8 Å². The maximum absolute atomic E-state index is 12.0. The van der Waals surface area contributed by atoms with Crippen LogP contribution < -0.4 is 11.2 Å². The number of rotatable bonds is 8. The van der Waals surface area contributed by atoms with Crippen LogP contribution in [0.5, 0.6) is 0 Å². The van der Waals surface area contributed by atoms with E-state index in [1.54, 1.807) is 6.07 Å². The molecule has 1 aromatic heterocycles. The number of aliphatic hydroxyl groups excluding tert-OH is 1. The van der Waals surface area contributed by atoms with E-state index >= 15 is 0 Å². The van der Waals surface area contributed by atoms with Crippen LogP contribution >= 0.6 is 23.5 Å². The van der Waals surface area contributed by atoms with E-state index < -0.39 is 65.2 Å². The van der Waals surface area contributed by atoms with Crippen molar-refractivity contribution in [1.29, 1.82) is 5.26 Å². The van der Waals surface area contributed by atoms with Crippen molar-refractivity contribution in [3.63, 3.8) is 0 Å². The molecule has 6 atom stereocenters. The number of phosphoric ester groups is 1. The highest BCUT2D eigenvalue weighted by atomic mass is 31.3. The molecule has 17 nitrogen and oxygen atoms in total. The summed E-state index contributed by atoms with van der Waals surface area (Å²) in [5.41, 5.74) is -3.56. The van der Waals surface area contributed by atoms with E-state index in [9.17, 15) is 38.5 Å². The van der Waals surface area contributed by atoms with E-state index in [4.69, 9.17) is 19.4 Å². The van der Waals surface area contributed by atoms with Crippen molar-refractivity contribution in [3.05, 3.63) is 33.1 Å². The minimum atomic E-state index is -5.75. The van der Waals surface area contributed by atoms with Crippen LogP contribution in [-0.2, 0) is 31.6 Å². The predicted molar refractivity (Wildman–Crippen MR) is 94.8 cm³/mol. The van der Waals surface area contributed by atoms with E-state index in [2.05, 4.69) is 13.1 Å². The summed E-state index contributed by atoms with van der Waals surface area (Å²) in [4.78, 5) is 60.7. The van der Waals surface area contributed by atoms with Crippen LogP contribution in [0.15, 0.2) is 21.9 Å². The lowest BCUT2D eigenvalue weighted by Crippen LogP contribution is -2.40. The van der Waals surface area contributed by atoms with Crippen LogP contribution in [0.2, 0.25) is 0 Å². The highest BCUT2D eigenvalue weighted by Gasteiger charge is 2.55. The molecule has 1 aromatic rings. The summed E-state index contributed by atoms with van der Waals surface area (Å²) < 4.78 is 51.3. The maximum Gasteiger partial charge on any atom is 0.490 e. The van der Waals surface area contributed by atoms with Crippen molar-refractivity contribution in [2.24, 2.45) is 5.41 Å². The quantitative estimate of drug-likeness (QED) is 0.222. The SMILES string of the molecule is CC1(C#N)C(O)C(COP(=O)(O)OP(=O)(O)OP(=O)(O)O)OC1n1ccc(=O)[nH]c1=O. The van der Waals surface area contributed by atoms with Gasteiger partial charge in [-0.05, 0) is 6.92 Å². The summed E-state index contributed by atoms with van der Waals surface area (Å²) in [5, 5.41) is 19.9. The first-order valence-electron chi connectivity index (χ1n) is 7.84. The topological polar surface area (TPSA) is 268 Å². The van der Waals surface area contributed by atoms with E-state index in [1.165, 1.54) is 6.92 Å². The number of ether oxygens (including phenoxy) is 1. The zero-order valence-electron chi connectivity index (χ0n) is 15.2. The summed E-state index contributed by atoms with van der Waals surface area (Å²) in [6.45, 7) is 0.140. The van der Waals surface area contributed by atoms with Crippen LogP contribution in [0, 0.1) is 16.7 Å². The lowest BCUT2D eigenvalue weighted by molar-refractivity contribution is -0.0495. The van der Waals surface area contributed by atoms with E-state index in [1.807, 2.05) is 4.98 Å². The minimum absolute atomic E-state index is 0.748. The number of H-pyrrole nitrogens is 1. The Bertz CT molecular complexity index is 1130. The summed E-state index contributed by atoms with van der Waals surface area (Å²) in [7, 11) is -16.8. The van der Waals surface area contributed by atoms with Gasteiger partial charge in [0, 0.05) is 12.3 Å². The fourth-order valence-electron chi connectivity index (χ4n) is 2.60. The lowest BCUT2D eigenvalue weighted by atomic mass is 9.84. The number of nitriles is 1. The summed E-state index contributed by atoms with van der Waals surface area (Å²) in [6.07, 6.45) is -3.82. The zero-order chi connectivity index (χ0) is 23.8. The van der Waals surface area contributed by atoms with Crippen molar-refractivity contribution in [3.8, 4) is 6.07 Å². The van der Waals surface area contributed by atoms with Gasteiger partial charge in [0.1, 0.15) is 17.6 Å². The first-order chi connectivity index (χ1) is 14.0. The first kappa shape index (κ1) is 25.8. The number of nitrogens with one attached hydrogen (secondary N) is 1. The normalized spacial score (nSPS) is 30.3. The summed E-state index contributed by atoms with van der Waals surface area (Å²) >= 11 is 0. The molecule has 20 heteroatoms. The third-order valence-electron chi connectivity index (χ3n) is 3.95. The van der Waals surface area contributed by atoms with Gasteiger partial charge in [-0.1, -0.05) is 0 Å². The molecule has 0 aliphatic carbocycles. The average molecular weight is 507 g/mol. The number of aromatic nitrogens is 2. The zero-order valence-corrected chi connectivity index (χ0v) is 17.9. The Kier molecular flexibility index (Phi) is 7.31. The molecule has 1 fully saturated rings. The standard InChI is InChI=1S/C11H16N3O14P3/c1-11(5-12)8(16)6(26-9(11)14-3-2-7(15)13-10(14)17)4-25-30(21,22)28-31(23,24)27-29(18,19)20/h2-3,6,8-9,16H,4H2,1H3,(H,21,22)(H,23,24)(H,13,15,17)(H2,18,19,20). The Labute approximate surface area is 171 Å². The number of aliphatic hydroxyl groups is 1. The molecular formula is C11H16N3O14P3. The van der Waals surface area contributed by atoms with Gasteiger partial charge < -0.3 is 29.4 Å². The molecule has 2 rings (SSSR count). The lowest BCUT2D eigenvalue weighted by Gasteiger charge is -2.25. The maximum atomic E-state index is 12.0. The van der Waals surface area contributed by atoms with Crippen molar-refractivity contribution >= 4 is 23.5 Å². The van der Waals surface area contributed by atoms with Crippen molar-refractivity contribution < 1.29 is 56.3 Å². The monoisotopic (exact) mass is 507 g/mol. The van der Waals surface area contributed by atoms with Crippen molar-refractivity contribution in [1.82, 2.24) is 9.55 Å². The fourth-order valence-corrected chi connectivity index (χ4v) is 5.63. The summed E-state index contributed by atoms with van der Waals surface area (Å²) in [5.74, 6) is 0. The molecule has 0 radical (unpaired) electrons. The molecule has 174 valence electrons. The van der Waals surface area contributed by atoms with Gasteiger partial charge in [-0.25, -0.2) is 18.5 Å². The van der Waals surface area contributed by atoms with Gasteiger partial charge in [-0.3, -0.25) is 18.9 Å². The molecule has 1 saturated heterocycles. The molecule has 31 heavy (non-hydrogen) atoms. The van der Waals surface area contributed by atoms with Crippen LogP contribution in [0.25, 0.3) is 0 Å². The predicted octanol–water partition coefficient (Wildman–Crippen LogP) is -1.33. The van der Waals surface area contributed by atoms with Crippen molar-refractivity contribution in [2.75, 3.05) is 6.61 Å². The number of aromatic amines is 1. The molecule has 1 aliphatic heterocycles. The Morgan fingerprint density at radius 2 is 1.84 bits per heavy atom. The fraction of sp³-hybridized carbons (Fsp3) is 0.545. The van der Waals surface area contributed by atoms with Gasteiger partial charge in [-0.15, -0.1) is 0 Å². The molecule has 0 saturated carbocycles. The third-order valence-corrected chi connectivity index (χ3v) is 7.75. The second kappa shape index (κ2) is 8.80. The molecule has 0 amide bonds. The molecule has 0 aromatic carbocycles. The van der Waals surface area contributed by atoms with Gasteiger partial charge in [0.2, 0.25) is 0 Å². The first-order valence-corrected chi connectivity index (χ1v) is 12.4. The van der Waals surface area contributed by atoms with E-state index in [0.29, 0.717) is 0 Å². The molecule has 0 bridgehead atoms. The molecular weight excluding hydrogens is 491 g/mol. The molecule has 6 unspecified atom stereocenters. The van der Waals surface area contributed by atoms with Gasteiger partial charge in [0.25, 0.3) is 5.56 Å². The van der Waals surface area contributed by atoms with Crippen LogP contribution in [0.3, 0.4) is 0 Å². The van der Waals surface area contributed by atoms with Crippen LogP contribution in [-0.4, -0.2) is 53.0 Å². The van der Waals surface area contributed by atoms with Gasteiger partial charge >= 0.3 is 29.2 Å². The largest absolute Gasteiger partial charge is 0.490 e. The second-order valence-electron chi connectivity index (χ2n) is 6.27. The Balaban J connectivity index is 2.19. The summed E-state index contributed by atoms with van der Waals surface area (Å²) in [6, 6.07) is 2.67. The molecule has 0 spiro atoms. The number of hydrogen-bond acceptors (Lipinski definition) is 11. The smallest absolute Gasteiger partial charge is 0.388 e. The average Bonchev–Trinajstić information content (AvgIpc) is 2.82. The molecule has 1 aliphatic rings.